The van der Waals surface area contributed by atoms with Gasteiger partial charge in [0.2, 0.25) is 0 Å². The van der Waals surface area contributed by atoms with Crippen LogP contribution >= 0.6 is 0 Å². The van der Waals surface area contributed by atoms with Gasteiger partial charge in [0.25, 0.3) is 0 Å². The summed E-state index contributed by atoms with van der Waals surface area (Å²) < 4.78 is 11.1. The van der Waals surface area contributed by atoms with Crippen molar-refractivity contribution in [2.75, 3.05) is 32.8 Å². The van der Waals surface area contributed by atoms with Crippen LogP contribution in [0.3, 0.4) is 0 Å². The summed E-state index contributed by atoms with van der Waals surface area (Å²) in [4.78, 5) is 25.5. The number of carbonyl (C=O) groups excluding carboxylic acids is 1. The van der Waals surface area contributed by atoms with Crippen LogP contribution in [0.25, 0.3) is 0 Å². The molecule has 1 fully saturated rings. The number of benzene rings is 1. The van der Waals surface area contributed by atoms with Gasteiger partial charge in [0.15, 0.2) is 6.10 Å². The van der Waals surface area contributed by atoms with Crippen molar-refractivity contribution in [2.24, 2.45) is 5.92 Å². The minimum Gasteiger partial charge on any atom is -0.492 e. The standard InChI is InChI=1S/C23H36N2O5/c1-3-24-23(28)25(17-19-8-6-5-7-9-19)14-15-30-20-12-10-18(11-13-20)16-21(22(26)27)29-4-2/h10-13,19,21H,3-9,14-17H2,1-2H3,(H,24,28)(H,26,27). The molecule has 2 amide bonds. The maximum atomic E-state index is 12.4. The predicted octanol–water partition coefficient (Wildman–Crippen LogP) is 3.71. The number of carboxylic acids is 1. The Morgan fingerprint density at radius 1 is 1.17 bits per heavy atom. The molecule has 7 nitrogen and oxygen atoms in total. The number of rotatable bonds is 12. The molecule has 0 aromatic heterocycles. The van der Waals surface area contributed by atoms with E-state index in [1.165, 1.54) is 32.1 Å². The van der Waals surface area contributed by atoms with Crippen molar-refractivity contribution in [2.45, 2.75) is 58.5 Å². The summed E-state index contributed by atoms with van der Waals surface area (Å²) in [6.07, 6.45) is 5.66. The van der Waals surface area contributed by atoms with Gasteiger partial charge in [-0.2, -0.15) is 0 Å². The van der Waals surface area contributed by atoms with Gasteiger partial charge in [-0.3, -0.25) is 0 Å². The van der Waals surface area contributed by atoms with Crippen LogP contribution in [0.1, 0.15) is 51.5 Å². The molecule has 1 aromatic rings. The van der Waals surface area contributed by atoms with Crippen LogP contribution in [0.4, 0.5) is 4.79 Å². The molecule has 0 bridgehead atoms. The summed E-state index contributed by atoms with van der Waals surface area (Å²) in [6.45, 7) is 6.42. The van der Waals surface area contributed by atoms with Crippen molar-refractivity contribution in [1.82, 2.24) is 10.2 Å². The van der Waals surface area contributed by atoms with Gasteiger partial charge < -0.3 is 24.8 Å². The van der Waals surface area contributed by atoms with E-state index in [0.29, 0.717) is 44.4 Å². The normalized spacial score (nSPS) is 15.4. The van der Waals surface area contributed by atoms with Gasteiger partial charge in [0.1, 0.15) is 12.4 Å². The van der Waals surface area contributed by atoms with E-state index in [2.05, 4.69) is 5.32 Å². The van der Waals surface area contributed by atoms with Crippen molar-refractivity contribution in [3.63, 3.8) is 0 Å². The molecule has 0 aliphatic heterocycles. The number of urea groups is 1. The molecule has 2 N–H and O–H groups in total. The lowest BCUT2D eigenvalue weighted by Crippen LogP contribution is -2.44. The molecule has 168 valence electrons. The van der Waals surface area contributed by atoms with Crippen LogP contribution in [-0.2, 0) is 16.0 Å². The fourth-order valence-electron chi connectivity index (χ4n) is 3.85. The van der Waals surface area contributed by atoms with E-state index in [4.69, 9.17) is 9.47 Å². The van der Waals surface area contributed by atoms with Gasteiger partial charge in [-0.15, -0.1) is 0 Å². The lowest BCUT2D eigenvalue weighted by atomic mass is 9.89. The fraction of sp³-hybridized carbons (Fsp3) is 0.652. The van der Waals surface area contributed by atoms with Gasteiger partial charge in [-0.1, -0.05) is 31.4 Å². The number of aliphatic carboxylic acids is 1. The molecule has 1 atom stereocenters. The first-order chi connectivity index (χ1) is 14.5. The Kier molecular flexibility index (Phi) is 10.5. The lowest BCUT2D eigenvalue weighted by molar-refractivity contribution is -0.149. The Morgan fingerprint density at radius 3 is 2.47 bits per heavy atom. The molecule has 1 unspecified atom stereocenters. The summed E-state index contributed by atoms with van der Waals surface area (Å²) in [7, 11) is 0. The minimum absolute atomic E-state index is 0.0299. The molecule has 0 saturated heterocycles. The second kappa shape index (κ2) is 13.1. The van der Waals surface area contributed by atoms with Gasteiger partial charge in [0, 0.05) is 26.1 Å². The quantitative estimate of drug-likeness (QED) is 0.538. The lowest BCUT2D eigenvalue weighted by Gasteiger charge is -2.29. The van der Waals surface area contributed by atoms with E-state index < -0.39 is 12.1 Å². The highest BCUT2D eigenvalue weighted by Crippen LogP contribution is 2.24. The summed E-state index contributed by atoms with van der Waals surface area (Å²) in [5.41, 5.74) is 0.879. The smallest absolute Gasteiger partial charge is 0.333 e. The molecule has 0 radical (unpaired) electrons. The second-order valence-corrected chi connectivity index (χ2v) is 7.76. The molecule has 1 aliphatic rings. The largest absolute Gasteiger partial charge is 0.492 e. The summed E-state index contributed by atoms with van der Waals surface area (Å²) in [6, 6.07) is 7.34. The maximum Gasteiger partial charge on any atom is 0.333 e. The predicted molar refractivity (Wildman–Crippen MR) is 116 cm³/mol. The Balaban J connectivity index is 1.84. The average molecular weight is 421 g/mol. The van der Waals surface area contributed by atoms with E-state index in [1.807, 2.05) is 36.1 Å². The first kappa shape index (κ1) is 24.0. The number of nitrogens with one attached hydrogen (secondary N) is 1. The molecule has 30 heavy (non-hydrogen) atoms. The number of carbonyl (C=O) groups is 2. The molecule has 2 rings (SSSR count). The third kappa shape index (κ3) is 8.22. The number of ether oxygens (including phenoxy) is 2. The van der Waals surface area contributed by atoms with E-state index in [9.17, 15) is 14.7 Å². The molecule has 7 heteroatoms. The van der Waals surface area contributed by atoms with Crippen LogP contribution in [0.15, 0.2) is 24.3 Å². The number of hydrogen-bond acceptors (Lipinski definition) is 4. The Hall–Kier alpha value is -2.28. The number of carboxylic acid groups (broad SMARTS) is 1. The SMILES string of the molecule is CCNC(=O)N(CCOc1ccc(CC(OCC)C(=O)O)cc1)CC1CCCCC1. The first-order valence-electron chi connectivity index (χ1n) is 11.1. The zero-order valence-electron chi connectivity index (χ0n) is 18.3. The average Bonchev–Trinajstić information content (AvgIpc) is 2.74. The van der Waals surface area contributed by atoms with Crippen molar-refractivity contribution < 1.29 is 24.2 Å². The monoisotopic (exact) mass is 420 g/mol. The fourth-order valence-corrected chi connectivity index (χ4v) is 3.85. The second-order valence-electron chi connectivity index (χ2n) is 7.76. The van der Waals surface area contributed by atoms with Crippen LogP contribution in [-0.4, -0.2) is 61.0 Å². The van der Waals surface area contributed by atoms with E-state index >= 15 is 0 Å². The van der Waals surface area contributed by atoms with Gasteiger partial charge in [-0.25, -0.2) is 9.59 Å². The third-order valence-corrected chi connectivity index (χ3v) is 5.44. The maximum absolute atomic E-state index is 12.4. The zero-order chi connectivity index (χ0) is 21.8. The molecule has 1 saturated carbocycles. The molecular formula is C23H36N2O5. The van der Waals surface area contributed by atoms with Crippen LogP contribution in [0.5, 0.6) is 5.75 Å². The topological polar surface area (TPSA) is 88.1 Å². The van der Waals surface area contributed by atoms with Gasteiger partial charge >= 0.3 is 12.0 Å². The zero-order valence-corrected chi connectivity index (χ0v) is 18.3. The van der Waals surface area contributed by atoms with Crippen molar-refractivity contribution in [1.29, 1.82) is 0 Å². The molecular weight excluding hydrogens is 384 g/mol. The molecule has 1 aliphatic carbocycles. The summed E-state index contributed by atoms with van der Waals surface area (Å²) in [5.74, 6) is 0.323. The molecule has 0 spiro atoms. The molecule has 0 heterocycles. The van der Waals surface area contributed by atoms with Crippen LogP contribution < -0.4 is 10.1 Å². The molecule has 1 aromatic carbocycles. The Labute approximate surface area is 179 Å². The van der Waals surface area contributed by atoms with E-state index in [0.717, 1.165) is 12.1 Å². The van der Waals surface area contributed by atoms with E-state index in [-0.39, 0.29) is 6.03 Å². The van der Waals surface area contributed by atoms with E-state index in [1.54, 1.807) is 6.92 Å². The number of amides is 2. The number of nitrogens with zero attached hydrogens (tertiary/aromatic N) is 1. The Morgan fingerprint density at radius 2 is 1.87 bits per heavy atom. The van der Waals surface area contributed by atoms with Gasteiger partial charge in [0.05, 0.1) is 6.54 Å². The van der Waals surface area contributed by atoms with Gasteiger partial charge in [-0.05, 0) is 50.3 Å². The third-order valence-electron chi connectivity index (χ3n) is 5.44. The highest BCUT2D eigenvalue weighted by molar-refractivity contribution is 5.74. The summed E-state index contributed by atoms with van der Waals surface area (Å²) in [5, 5.41) is 12.1. The highest BCUT2D eigenvalue weighted by Gasteiger charge is 2.21. The number of hydrogen-bond donors (Lipinski definition) is 2. The first-order valence-corrected chi connectivity index (χ1v) is 11.1. The van der Waals surface area contributed by atoms with Crippen molar-refractivity contribution in [3.05, 3.63) is 29.8 Å². The minimum atomic E-state index is -0.958. The Bertz CT molecular complexity index is 643. The van der Waals surface area contributed by atoms with Crippen LogP contribution in [0, 0.1) is 5.92 Å². The van der Waals surface area contributed by atoms with Crippen LogP contribution in [0.2, 0.25) is 0 Å². The highest BCUT2D eigenvalue weighted by atomic mass is 16.5. The van der Waals surface area contributed by atoms with Crippen molar-refractivity contribution in [3.8, 4) is 5.75 Å². The van der Waals surface area contributed by atoms with Crippen molar-refractivity contribution >= 4 is 12.0 Å². The summed E-state index contributed by atoms with van der Waals surface area (Å²) >= 11 is 0.